The molecule has 0 radical (unpaired) electrons. The Kier molecular flexibility index (Phi) is 7.84. The quantitative estimate of drug-likeness (QED) is 0.609. The molecule has 2 heterocycles. The van der Waals surface area contributed by atoms with E-state index in [-0.39, 0.29) is 23.6 Å². The minimum absolute atomic E-state index is 0.0206. The normalized spacial score (nSPS) is 18.0. The van der Waals surface area contributed by atoms with Crippen molar-refractivity contribution >= 4 is 40.4 Å². The van der Waals surface area contributed by atoms with Crippen molar-refractivity contribution in [1.29, 1.82) is 0 Å². The maximum atomic E-state index is 13.7. The van der Waals surface area contributed by atoms with Gasteiger partial charge in [0.1, 0.15) is 11.9 Å². The molecule has 0 bridgehead atoms. The van der Waals surface area contributed by atoms with Crippen LogP contribution in [-0.4, -0.2) is 48.3 Å². The first kappa shape index (κ1) is 24.5. The smallest absolute Gasteiger partial charge is 0.338 e. The van der Waals surface area contributed by atoms with Gasteiger partial charge in [-0.15, -0.1) is 22.9 Å². The number of nitrogens with one attached hydrogen (secondary N) is 1. The van der Waals surface area contributed by atoms with Crippen LogP contribution in [0.25, 0.3) is 0 Å². The highest BCUT2D eigenvalue weighted by Gasteiger charge is 2.39. The maximum Gasteiger partial charge on any atom is 0.416 e. The number of hydrogen-bond acceptors (Lipinski definition) is 4. The highest BCUT2D eigenvalue weighted by atomic mass is 35.5. The Balaban J connectivity index is 2.05. The van der Waals surface area contributed by atoms with Crippen LogP contribution in [0.1, 0.15) is 30.3 Å². The molecule has 0 aliphatic carbocycles. The zero-order chi connectivity index (χ0) is 23.5. The molecule has 0 saturated carbocycles. The van der Waals surface area contributed by atoms with Gasteiger partial charge in [-0.2, -0.15) is 13.2 Å². The summed E-state index contributed by atoms with van der Waals surface area (Å²) in [5.74, 6) is -1.17. The lowest BCUT2D eigenvalue weighted by Crippen LogP contribution is -2.57. The number of carbonyl (C=O) groups is 2. The van der Waals surface area contributed by atoms with E-state index in [9.17, 15) is 22.8 Å². The number of rotatable bonds is 6. The van der Waals surface area contributed by atoms with Crippen molar-refractivity contribution in [2.75, 3.05) is 30.4 Å². The molecule has 1 aromatic carbocycles. The van der Waals surface area contributed by atoms with Gasteiger partial charge >= 0.3 is 6.18 Å². The third-order valence-corrected chi connectivity index (χ3v) is 6.61. The first-order chi connectivity index (χ1) is 15.1. The molecule has 1 aliphatic rings. The van der Waals surface area contributed by atoms with E-state index in [2.05, 4.69) is 5.32 Å². The van der Waals surface area contributed by atoms with E-state index >= 15 is 0 Å². The van der Waals surface area contributed by atoms with Crippen LogP contribution in [0.4, 0.5) is 18.9 Å². The summed E-state index contributed by atoms with van der Waals surface area (Å²) in [6.07, 6.45) is -4.59. The number of hydrogen-bond donors (Lipinski definition) is 1. The zero-order valence-corrected chi connectivity index (χ0v) is 19.3. The lowest BCUT2D eigenvalue weighted by molar-refractivity contribution is -0.137. The summed E-state index contributed by atoms with van der Waals surface area (Å²) in [5, 5.41) is 5.14. The molecule has 1 N–H and O–H groups in total. The van der Waals surface area contributed by atoms with Gasteiger partial charge in [0.05, 0.1) is 5.56 Å². The number of nitrogens with zero attached hydrogens (tertiary/aromatic N) is 2. The molecule has 10 heteroatoms. The summed E-state index contributed by atoms with van der Waals surface area (Å²) in [6.45, 7) is 5.58. The van der Waals surface area contributed by atoms with Crippen LogP contribution < -0.4 is 10.2 Å². The lowest BCUT2D eigenvalue weighted by atomic mass is 10.0. The van der Waals surface area contributed by atoms with Gasteiger partial charge in [0.25, 0.3) is 5.91 Å². The molecule has 3 rings (SSSR count). The number of thiophene rings is 1. The number of piperazine rings is 1. The van der Waals surface area contributed by atoms with Gasteiger partial charge in [0.15, 0.2) is 0 Å². The van der Waals surface area contributed by atoms with E-state index in [1.165, 1.54) is 23.5 Å². The minimum atomic E-state index is -4.59. The first-order valence-corrected chi connectivity index (χ1v) is 11.7. The first-order valence-electron chi connectivity index (χ1n) is 10.2. The predicted molar refractivity (Wildman–Crippen MR) is 120 cm³/mol. The van der Waals surface area contributed by atoms with Crippen molar-refractivity contribution in [2.24, 2.45) is 5.92 Å². The van der Waals surface area contributed by atoms with E-state index in [0.29, 0.717) is 24.5 Å². The van der Waals surface area contributed by atoms with Crippen molar-refractivity contribution in [3.8, 4) is 0 Å². The van der Waals surface area contributed by atoms with Gasteiger partial charge in [-0.3, -0.25) is 14.5 Å². The van der Waals surface area contributed by atoms with Crippen LogP contribution in [0, 0.1) is 5.92 Å². The second kappa shape index (κ2) is 10.2. The van der Waals surface area contributed by atoms with E-state index in [1.807, 2.05) is 13.8 Å². The average Bonchev–Trinajstić information content (AvgIpc) is 3.30. The molecule has 32 heavy (non-hydrogen) atoms. The lowest BCUT2D eigenvalue weighted by Gasteiger charge is -2.39. The summed E-state index contributed by atoms with van der Waals surface area (Å²) >= 11 is 7.11. The zero-order valence-electron chi connectivity index (χ0n) is 17.7. The number of amides is 2. The van der Waals surface area contributed by atoms with Crippen LogP contribution in [0.3, 0.4) is 0 Å². The van der Waals surface area contributed by atoms with Crippen LogP contribution in [-0.2, 0) is 15.8 Å². The second-order valence-electron chi connectivity index (χ2n) is 7.95. The van der Waals surface area contributed by atoms with Crippen LogP contribution in [0.2, 0.25) is 0 Å². The van der Waals surface area contributed by atoms with Crippen LogP contribution in [0.15, 0.2) is 41.8 Å². The Labute approximate surface area is 194 Å². The second-order valence-corrected chi connectivity index (χ2v) is 9.20. The number of alkyl halides is 4. The fraction of sp³-hybridized carbons (Fsp3) is 0.455. The molecule has 174 valence electrons. The SMILES string of the molecule is CC(C)[C@H]1CN(C(=O)[C@@H](c2cccs2)N(C(=O)CCl)c2cccc(C(F)(F)F)c2)CCN1. The van der Waals surface area contributed by atoms with Crippen molar-refractivity contribution in [1.82, 2.24) is 10.2 Å². The summed E-state index contributed by atoms with van der Waals surface area (Å²) < 4.78 is 40.0. The average molecular weight is 488 g/mol. The molecule has 2 atom stereocenters. The van der Waals surface area contributed by atoms with E-state index in [0.717, 1.165) is 17.0 Å². The Hall–Kier alpha value is -2.10. The standard InChI is InChI=1S/C22H25ClF3N3O2S/c1-14(2)17-13-28(9-8-27-17)21(31)20(18-7-4-10-32-18)29(19(30)12-23)16-6-3-5-15(11-16)22(24,25)26/h3-7,10-11,14,17,20,27H,8-9,12-13H2,1-2H3/t17-,20-/m1/s1. The van der Waals surface area contributed by atoms with E-state index in [1.54, 1.807) is 22.4 Å². The highest BCUT2D eigenvalue weighted by Crippen LogP contribution is 2.36. The fourth-order valence-corrected chi connectivity index (χ4v) is 4.67. The Morgan fingerprint density at radius 2 is 2.03 bits per heavy atom. The topological polar surface area (TPSA) is 52.7 Å². The van der Waals surface area contributed by atoms with Crippen molar-refractivity contribution < 1.29 is 22.8 Å². The number of carbonyl (C=O) groups excluding carboxylic acids is 2. The third kappa shape index (κ3) is 5.44. The molecular formula is C22H25ClF3N3O2S. The van der Waals surface area contributed by atoms with Crippen molar-refractivity contribution in [3.05, 3.63) is 52.2 Å². The van der Waals surface area contributed by atoms with Crippen LogP contribution >= 0.6 is 22.9 Å². The monoisotopic (exact) mass is 487 g/mol. The predicted octanol–water partition coefficient (Wildman–Crippen LogP) is 4.54. The largest absolute Gasteiger partial charge is 0.416 e. The Morgan fingerprint density at radius 3 is 2.62 bits per heavy atom. The van der Waals surface area contributed by atoms with Gasteiger partial charge in [-0.1, -0.05) is 26.0 Å². The molecular weight excluding hydrogens is 463 g/mol. The molecule has 1 saturated heterocycles. The van der Waals surface area contributed by atoms with Crippen LogP contribution in [0.5, 0.6) is 0 Å². The number of halogens is 4. The van der Waals surface area contributed by atoms with Gasteiger partial charge in [0, 0.05) is 36.2 Å². The molecule has 5 nitrogen and oxygen atoms in total. The number of anilines is 1. The third-order valence-electron chi connectivity index (χ3n) is 5.46. The molecule has 2 amide bonds. The maximum absolute atomic E-state index is 13.7. The molecule has 0 unspecified atom stereocenters. The van der Waals surface area contributed by atoms with Gasteiger partial charge in [-0.25, -0.2) is 0 Å². The Bertz CT molecular complexity index is 937. The summed E-state index contributed by atoms with van der Waals surface area (Å²) in [6, 6.07) is 6.86. The fourth-order valence-electron chi connectivity index (χ4n) is 3.74. The van der Waals surface area contributed by atoms with Crippen molar-refractivity contribution in [2.45, 2.75) is 32.1 Å². The summed E-state index contributed by atoms with van der Waals surface area (Å²) in [4.78, 5) is 30.0. The van der Waals surface area contributed by atoms with Crippen molar-refractivity contribution in [3.63, 3.8) is 0 Å². The molecule has 1 fully saturated rings. The Morgan fingerprint density at radius 1 is 1.28 bits per heavy atom. The summed E-state index contributed by atoms with van der Waals surface area (Å²) in [7, 11) is 0. The molecule has 1 aromatic heterocycles. The number of benzene rings is 1. The van der Waals surface area contributed by atoms with Gasteiger partial charge in [0.2, 0.25) is 5.91 Å². The minimum Gasteiger partial charge on any atom is -0.338 e. The highest BCUT2D eigenvalue weighted by molar-refractivity contribution is 7.10. The molecule has 0 spiro atoms. The van der Waals surface area contributed by atoms with E-state index < -0.39 is 29.6 Å². The molecule has 1 aliphatic heterocycles. The molecule has 2 aromatic rings. The summed E-state index contributed by atoms with van der Waals surface area (Å²) in [5.41, 5.74) is -0.922. The van der Waals surface area contributed by atoms with Gasteiger partial charge < -0.3 is 10.2 Å². The van der Waals surface area contributed by atoms with E-state index in [4.69, 9.17) is 11.6 Å². The van der Waals surface area contributed by atoms with Gasteiger partial charge in [-0.05, 0) is 35.6 Å².